The number of anilines is 2. The van der Waals surface area contributed by atoms with Crippen molar-refractivity contribution in [2.75, 3.05) is 45.6 Å². The minimum atomic E-state index is -3.58. The van der Waals surface area contributed by atoms with Gasteiger partial charge in [0, 0.05) is 64.1 Å². The summed E-state index contributed by atoms with van der Waals surface area (Å²) in [4.78, 5) is 28.0. The first kappa shape index (κ1) is 23.6. The van der Waals surface area contributed by atoms with Crippen molar-refractivity contribution in [1.82, 2.24) is 34.0 Å². The van der Waals surface area contributed by atoms with Crippen LogP contribution in [0.5, 0.6) is 0 Å². The zero-order valence-corrected chi connectivity index (χ0v) is 20.8. The summed E-state index contributed by atoms with van der Waals surface area (Å²) >= 11 is 0. The third-order valence-corrected chi connectivity index (χ3v) is 8.46. The molecular formula is C23H30N8O3S. The predicted molar refractivity (Wildman–Crippen MR) is 132 cm³/mol. The Hall–Kier alpha value is -3.09. The first-order valence-corrected chi connectivity index (χ1v) is 13.3. The van der Waals surface area contributed by atoms with E-state index in [2.05, 4.69) is 20.6 Å². The zero-order valence-electron chi connectivity index (χ0n) is 19.9. The zero-order chi connectivity index (χ0) is 24.6. The molecule has 35 heavy (non-hydrogen) atoms. The number of nitrogens with one attached hydrogen (secondary N) is 2. The highest BCUT2D eigenvalue weighted by Gasteiger charge is 2.27. The minimum absolute atomic E-state index is 0.0626. The highest BCUT2D eigenvalue weighted by atomic mass is 32.2. The van der Waals surface area contributed by atoms with Gasteiger partial charge in [0.05, 0.1) is 0 Å². The second-order valence-electron chi connectivity index (χ2n) is 9.17. The molecule has 2 fully saturated rings. The summed E-state index contributed by atoms with van der Waals surface area (Å²) < 4.78 is 29.2. The van der Waals surface area contributed by atoms with Crippen LogP contribution in [0.25, 0.3) is 11.0 Å². The Bertz CT molecular complexity index is 1320. The highest BCUT2D eigenvalue weighted by Crippen LogP contribution is 2.35. The Morgan fingerprint density at radius 2 is 1.86 bits per heavy atom. The number of sulfonamides is 1. The average molecular weight is 499 g/mol. The topological polar surface area (TPSA) is 125 Å². The quantitative estimate of drug-likeness (QED) is 0.529. The van der Waals surface area contributed by atoms with Gasteiger partial charge in [-0.2, -0.15) is 9.29 Å². The van der Waals surface area contributed by atoms with Gasteiger partial charge in [-0.25, -0.2) is 18.4 Å². The van der Waals surface area contributed by atoms with Crippen LogP contribution >= 0.6 is 0 Å². The SMILES string of the molecule is CN(C)C(=O)c1cc2cnc(Nc3ccc(S(=O)(=O)N4CCNCC4)cn3)nc2n1C1CCCC1. The van der Waals surface area contributed by atoms with Gasteiger partial charge in [0.15, 0.2) is 0 Å². The van der Waals surface area contributed by atoms with Gasteiger partial charge < -0.3 is 20.1 Å². The van der Waals surface area contributed by atoms with Crippen molar-refractivity contribution < 1.29 is 13.2 Å². The number of carbonyl (C=O) groups excluding carboxylic acids is 1. The Kier molecular flexibility index (Phi) is 6.43. The summed E-state index contributed by atoms with van der Waals surface area (Å²) in [6, 6.07) is 5.23. The number of hydrogen-bond acceptors (Lipinski definition) is 8. The second-order valence-corrected chi connectivity index (χ2v) is 11.1. The summed E-state index contributed by atoms with van der Waals surface area (Å²) in [6.45, 7) is 2.15. The second kappa shape index (κ2) is 9.51. The van der Waals surface area contributed by atoms with Gasteiger partial charge in [-0.1, -0.05) is 12.8 Å². The largest absolute Gasteiger partial charge is 0.343 e. The molecule has 0 bridgehead atoms. The molecule has 2 N–H and O–H groups in total. The number of rotatable bonds is 6. The van der Waals surface area contributed by atoms with Crippen LogP contribution in [-0.2, 0) is 10.0 Å². The minimum Gasteiger partial charge on any atom is -0.343 e. The van der Waals surface area contributed by atoms with Crippen LogP contribution in [0.3, 0.4) is 0 Å². The van der Waals surface area contributed by atoms with Gasteiger partial charge in [-0.15, -0.1) is 0 Å². The molecule has 12 heteroatoms. The Morgan fingerprint density at radius 1 is 1.11 bits per heavy atom. The van der Waals surface area contributed by atoms with Crippen molar-refractivity contribution in [2.24, 2.45) is 0 Å². The molecule has 0 unspecified atom stereocenters. The number of fused-ring (bicyclic) bond motifs is 1. The Labute approximate surface area is 204 Å². The molecule has 0 spiro atoms. The molecule has 11 nitrogen and oxygen atoms in total. The van der Waals surface area contributed by atoms with E-state index in [0.717, 1.165) is 31.1 Å². The van der Waals surface area contributed by atoms with E-state index in [4.69, 9.17) is 4.98 Å². The summed E-state index contributed by atoms with van der Waals surface area (Å²) in [5.74, 6) is 0.712. The van der Waals surface area contributed by atoms with Crippen molar-refractivity contribution in [3.05, 3.63) is 36.3 Å². The van der Waals surface area contributed by atoms with Gasteiger partial charge in [0.1, 0.15) is 22.1 Å². The number of amides is 1. The van der Waals surface area contributed by atoms with Crippen LogP contribution in [0.15, 0.2) is 35.5 Å². The molecule has 4 heterocycles. The summed E-state index contributed by atoms with van der Waals surface area (Å²) in [5.41, 5.74) is 1.32. The molecule has 0 atom stereocenters. The molecule has 1 saturated heterocycles. The first-order chi connectivity index (χ1) is 16.8. The lowest BCUT2D eigenvalue weighted by Crippen LogP contribution is -2.46. The maximum Gasteiger partial charge on any atom is 0.270 e. The fourth-order valence-corrected chi connectivity index (χ4v) is 6.14. The molecule has 1 saturated carbocycles. The molecular weight excluding hydrogens is 468 g/mol. The van der Waals surface area contributed by atoms with Gasteiger partial charge in [-0.3, -0.25) is 4.79 Å². The van der Waals surface area contributed by atoms with Gasteiger partial charge in [0.2, 0.25) is 16.0 Å². The van der Waals surface area contributed by atoms with E-state index < -0.39 is 10.0 Å². The highest BCUT2D eigenvalue weighted by molar-refractivity contribution is 7.89. The fraction of sp³-hybridized carbons (Fsp3) is 0.478. The number of nitrogens with zero attached hydrogens (tertiary/aromatic N) is 6. The molecule has 186 valence electrons. The predicted octanol–water partition coefficient (Wildman–Crippen LogP) is 1.98. The van der Waals surface area contributed by atoms with Crippen LogP contribution < -0.4 is 10.6 Å². The van der Waals surface area contributed by atoms with Crippen molar-refractivity contribution in [2.45, 2.75) is 36.6 Å². The summed E-state index contributed by atoms with van der Waals surface area (Å²) in [5, 5.41) is 7.03. The monoisotopic (exact) mass is 498 g/mol. The maximum absolute atomic E-state index is 12.9. The van der Waals surface area contributed by atoms with Crippen LogP contribution in [0.4, 0.5) is 11.8 Å². The number of piperazine rings is 1. The number of pyridine rings is 1. The Balaban J connectivity index is 1.42. The fourth-order valence-electron chi connectivity index (χ4n) is 4.75. The van der Waals surface area contributed by atoms with Crippen LogP contribution in [0.1, 0.15) is 42.2 Å². The van der Waals surface area contributed by atoms with Gasteiger partial charge in [0.25, 0.3) is 5.91 Å². The summed E-state index contributed by atoms with van der Waals surface area (Å²) in [7, 11) is -0.0847. The van der Waals surface area contributed by atoms with Crippen LogP contribution in [0.2, 0.25) is 0 Å². The lowest BCUT2D eigenvalue weighted by molar-refractivity contribution is 0.0815. The average Bonchev–Trinajstić information content (AvgIpc) is 3.52. The van der Waals surface area contributed by atoms with Crippen molar-refractivity contribution in [3.8, 4) is 0 Å². The molecule has 5 rings (SSSR count). The molecule has 1 amide bonds. The van der Waals surface area contributed by atoms with Crippen molar-refractivity contribution >= 4 is 38.7 Å². The standard InChI is InChI=1S/C23H30N8O3S/c1-29(2)22(32)19-13-16-14-26-23(28-21(16)31(19)17-5-3-4-6-17)27-20-8-7-18(15-25-20)35(33,34)30-11-9-24-10-12-30/h7-8,13-15,17,24H,3-6,9-12H2,1-2H3,(H,25,26,27,28). The van der Waals surface area contributed by atoms with Crippen molar-refractivity contribution in [3.63, 3.8) is 0 Å². The third-order valence-electron chi connectivity index (χ3n) is 6.58. The van der Waals surface area contributed by atoms with Crippen molar-refractivity contribution in [1.29, 1.82) is 0 Å². The van der Waals surface area contributed by atoms with Gasteiger partial charge >= 0.3 is 0 Å². The molecule has 0 radical (unpaired) electrons. The molecule has 1 aliphatic carbocycles. The molecule has 1 aliphatic heterocycles. The molecule has 2 aliphatic rings. The van der Waals surface area contributed by atoms with E-state index in [9.17, 15) is 13.2 Å². The van der Waals surface area contributed by atoms with E-state index in [-0.39, 0.29) is 16.8 Å². The van der Waals surface area contributed by atoms with E-state index in [1.54, 1.807) is 37.3 Å². The Morgan fingerprint density at radius 3 is 2.51 bits per heavy atom. The molecule has 0 aromatic carbocycles. The van der Waals surface area contributed by atoms with E-state index in [0.29, 0.717) is 49.3 Å². The maximum atomic E-state index is 12.9. The van der Waals surface area contributed by atoms with Gasteiger partial charge in [-0.05, 0) is 31.0 Å². The van der Waals surface area contributed by atoms with E-state index >= 15 is 0 Å². The first-order valence-electron chi connectivity index (χ1n) is 11.9. The third kappa shape index (κ3) is 4.60. The molecule has 3 aromatic heterocycles. The van der Waals surface area contributed by atoms with E-state index in [1.807, 2.05) is 10.6 Å². The van der Waals surface area contributed by atoms with Crippen LogP contribution in [0, 0.1) is 0 Å². The lowest BCUT2D eigenvalue weighted by atomic mass is 10.2. The van der Waals surface area contributed by atoms with E-state index in [1.165, 1.54) is 10.5 Å². The number of hydrogen-bond donors (Lipinski definition) is 2. The smallest absolute Gasteiger partial charge is 0.270 e. The number of aromatic nitrogens is 4. The lowest BCUT2D eigenvalue weighted by Gasteiger charge is -2.26. The molecule has 3 aromatic rings. The number of carbonyl (C=O) groups is 1. The summed E-state index contributed by atoms with van der Waals surface area (Å²) in [6.07, 6.45) is 7.33. The van der Waals surface area contributed by atoms with Crippen LogP contribution in [-0.4, -0.2) is 83.3 Å². The normalized spacial score (nSPS) is 17.7.